The molecule has 7 heteroatoms. The summed E-state index contributed by atoms with van der Waals surface area (Å²) in [6.07, 6.45) is 2.00. The molecule has 0 saturated carbocycles. The van der Waals surface area contributed by atoms with Gasteiger partial charge in [-0.2, -0.15) is 0 Å². The van der Waals surface area contributed by atoms with Crippen LogP contribution in [0.4, 0.5) is 11.4 Å². The minimum atomic E-state index is -0.205. The second kappa shape index (κ2) is 5.34. The molecule has 4 aliphatic heterocycles. The second-order valence-electron chi connectivity index (χ2n) is 7.76. The molecule has 6 rings (SSSR count). The van der Waals surface area contributed by atoms with Crippen LogP contribution >= 0.6 is 39.1 Å². The van der Waals surface area contributed by atoms with Crippen molar-refractivity contribution in [3.63, 3.8) is 0 Å². The molecule has 0 unspecified atom stereocenters. The topological polar surface area (TPSA) is 48.5 Å². The molecule has 138 valence electrons. The third kappa shape index (κ3) is 1.84. The van der Waals surface area contributed by atoms with E-state index in [0.29, 0.717) is 10.0 Å². The van der Waals surface area contributed by atoms with E-state index in [4.69, 9.17) is 28.2 Å². The number of hydrogen-bond acceptors (Lipinski definition) is 4. The fourth-order valence-corrected chi connectivity index (χ4v) is 6.81. The molecule has 2 aromatic carbocycles. The number of nitrogens with one attached hydrogen (secondary N) is 3. The average molecular weight is 464 g/mol. The van der Waals surface area contributed by atoms with Crippen LogP contribution in [0.3, 0.4) is 0 Å². The minimum absolute atomic E-state index is 0.0377. The molecule has 0 radical (unpaired) electrons. The molecule has 2 aromatic rings. The Morgan fingerprint density at radius 1 is 1.07 bits per heavy atom. The van der Waals surface area contributed by atoms with Crippen molar-refractivity contribution < 1.29 is 0 Å². The molecule has 1 saturated heterocycles. The highest BCUT2D eigenvalue weighted by Crippen LogP contribution is 2.64. The van der Waals surface area contributed by atoms with Gasteiger partial charge in [0.15, 0.2) is 0 Å². The number of benzene rings is 2. The standard InChI is InChI=1S/C20H17BrCl2N4/c21-10-1-2-12-15(7-10)26-18-20(4-6-25-17-19(12,20)3-5-24-17)13-8-11(22)9-14(23)16(13)27-18/h1-2,7-9,18,26-27H,3-6H2,(H,24,25)/t18-,19-,20+/m0/s1. The average Bonchev–Trinajstić information content (AvgIpc) is 3.19. The largest absolute Gasteiger partial charge is 0.373 e. The summed E-state index contributed by atoms with van der Waals surface area (Å²) in [5.41, 5.74) is 4.27. The highest BCUT2D eigenvalue weighted by atomic mass is 79.9. The first-order chi connectivity index (χ1) is 13.1. The predicted molar refractivity (Wildman–Crippen MR) is 115 cm³/mol. The maximum atomic E-state index is 6.62. The zero-order valence-electron chi connectivity index (χ0n) is 14.4. The molecule has 3 N–H and O–H groups in total. The maximum Gasteiger partial charge on any atom is 0.108 e. The van der Waals surface area contributed by atoms with Gasteiger partial charge in [0.25, 0.3) is 0 Å². The van der Waals surface area contributed by atoms with Crippen LogP contribution in [0.2, 0.25) is 10.0 Å². The monoisotopic (exact) mass is 462 g/mol. The molecule has 0 amide bonds. The highest BCUT2D eigenvalue weighted by molar-refractivity contribution is 9.10. The summed E-state index contributed by atoms with van der Waals surface area (Å²) in [5, 5.41) is 12.4. The molecule has 0 aliphatic carbocycles. The van der Waals surface area contributed by atoms with Gasteiger partial charge in [-0.15, -0.1) is 0 Å². The SMILES string of the molecule is Clc1cc(Cl)c2c(c1)[C@@]13CCNC4=NCC[C@]41c1ccc(Br)cc1N[C@H]3N2. The van der Waals surface area contributed by atoms with Gasteiger partial charge in [-0.25, -0.2) is 0 Å². The van der Waals surface area contributed by atoms with Crippen molar-refractivity contribution >= 4 is 56.3 Å². The van der Waals surface area contributed by atoms with Crippen molar-refractivity contribution in [2.75, 3.05) is 23.7 Å². The van der Waals surface area contributed by atoms with E-state index in [1.54, 1.807) is 0 Å². The van der Waals surface area contributed by atoms with Gasteiger partial charge in [-0.05, 0) is 48.2 Å². The fourth-order valence-electron chi connectivity index (χ4n) is 5.90. The fraction of sp³-hybridized carbons (Fsp3) is 0.350. The number of halogens is 3. The number of anilines is 2. The Morgan fingerprint density at radius 3 is 2.85 bits per heavy atom. The van der Waals surface area contributed by atoms with Crippen LogP contribution in [-0.4, -0.2) is 25.1 Å². The lowest BCUT2D eigenvalue weighted by atomic mass is 9.50. The van der Waals surface area contributed by atoms with E-state index in [1.165, 1.54) is 11.1 Å². The second-order valence-corrected chi connectivity index (χ2v) is 9.51. The molecule has 4 nitrogen and oxygen atoms in total. The van der Waals surface area contributed by atoms with Crippen LogP contribution in [-0.2, 0) is 10.8 Å². The Morgan fingerprint density at radius 2 is 1.96 bits per heavy atom. The summed E-state index contributed by atoms with van der Waals surface area (Å²) in [4.78, 5) is 4.90. The molecule has 27 heavy (non-hydrogen) atoms. The normalized spacial score (nSPS) is 32.0. The van der Waals surface area contributed by atoms with E-state index < -0.39 is 0 Å². The van der Waals surface area contributed by atoms with Crippen molar-refractivity contribution in [1.82, 2.24) is 5.32 Å². The molecular weight excluding hydrogens is 447 g/mol. The Bertz CT molecular complexity index is 1040. The summed E-state index contributed by atoms with van der Waals surface area (Å²) in [6, 6.07) is 10.5. The summed E-state index contributed by atoms with van der Waals surface area (Å²) in [6.45, 7) is 1.71. The lowest BCUT2D eigenvalue weighted by Crippen LogP contribution is -2.69. The van der Waals surface area contributed by atoms with Gasteiger partial charge in [-0.1, -0.05) is 45.2 Å². The third-order valence-electron chi connectivity index (χ3n) is 6.79. The molecule has 4 aliphatic rings. The molecule has 1 fully saturated rings. The quantitative estimate of drug-likeness (QED) is 0.520. The van der Waals surface area contributed by atoms with Gasteiger partial charge >= 0.3 is 0 Å². The highest BCUT2D eigenvalue weighted by Gasteiger charge is 2.68. The van der Waals surface area contributed by atoms with E-state index in [0.717, 1.165) is 47.6 Å². The zero-order chi connectivity index (χ0) is 18.4. The Balaban J connectivity index is 1.72. The Hall–Kier alpha value is -1.43. The van der Waals surface area contributed by atoms with E-state index in [9.17, 15) is 0 Å². The van der Waals surface area contributed by atoms with Gasteiger partial charge in [0.2, 0.25) is 0 Å². The van der Waals surface area contributed by atoms with Crippen LogP contribution in [0.5, 0.6) is 0 Å². The van der Waals surface area contributed by atoms with Gasteiger partial charge in [0, 0.05) is 28.3 Å². The Kier molecular flexibility index (Phi) is 3.27. The summed E-state index contributed by atoms with van der Waals surface area (Å²) in [7, 11) is 0. The number of amidine groups is 1. The van der Waals surface area contributed by atoms with Crippen molar-refractivity contribution in [1.29, 1.82) is 0 Å². The van der Waals surface area contributed by atoms with E-state index in [1.807, 2.05) is 6.07 Å². The van der Waals surface area contributed by atoms with Crippen LogP contribution in [0.15, 0.2) is 39.8 Å². The summed E-state index contributed by atoms with van der Waals surface area (Å²) in [5.74, 6) is 1.11. The maximum absolute atomic E-state index is 6.62. The molecule has 0 aromatic heterocycles. The van der Waals surface area contributed by atoms with Crippen LogP contribution < -0.4 is 16.0 Å². The number of rotatable bonds is 0. The third-order valence-corrected chi connectivity index (χ3v) is 7.80. The lowest BCUT2D eigenvalue weighted by Gasteiger charge is -2.57. The summed E-state index contributed by atoms with van der Waals surface area (Å²) < 4.78 is 1.06. The molecule has 4 heterocycles. The van der Waals surface area contributed by atoms with Gasteiger partial charge in [0.1, 0.15) is 12.0 Å². The van der Waals surface area contributed by atoms with E-state index >= 15 is 0 Å². The first kappa shape index (κ1) is 16.5. The van der Waals surface area contributed by atoms with Crippen LogP contribution in [0, 0.1) is 0 Å². The lowest BCUT2D eigenvalue weighted by molar-refractivity contribution is 0.219. The van der Waals surface area contributed by atoms with Crippen LogP contribution in [0.1, 0.15) is 24.0 Å². The molecular formula is C20H17BrCl2N4. The number of hydrogen-bond donors (Lipinski definition) is 3. The number of fused-ring (bicyclic) bond motifs is 2. The van der Waals surface area contributed by atoms with Crippen molar-refractivity contribution in [3.05, 3.63) is 56.0 Å². The number of aliphatic imine (C=N–C) groups is 1. The first-order valence-corrected chi connectivity index (χ1v) is 10.7. The first-order valence-electron chi connectivity index (χ1n) is 9.18. The van der Waals surface area contributed by atoms with Gasteiger partial charge < -0.3 is 16.0 Å². The van der Waals surface area contributed by atoms with E-state index in [-0.39, 0.29) is 17.0 Å². The smallest absolute Gasteiger partial charge is 0.108 e. The van der Waals surface area contributed by atoms with Crippen molar-refractivity contribution in [2.45, 2.75) is 29.8 Å². The number of nitrogens with zero attached hydrogens (tertiary/aromatic N) is 1. The van der Waals surface area contributed by atoms with E-state index in [2.05, 4.69) is 56.1 Å². The zero-order valence-corrected chi connectivity index (χ0v) is 17.5. The van der Waals surface area contributed by atoms with Gasteiger partial charge in [0.05, 0.1) is 21.5 Å². The van der Waals surface area contributed by atoms with Gasteiger partial charge in [-0.3, -0.25) is 4.99 Å². The molecule has 0 bridgehead atoms. The van der Waals surface area contributed by atoms with Crippen molar-refractivity contribution in [3.8, 4) is 0 Å². The predicted octanol–water partition coefficient (Wildman–Crippen LogP) is 4.90. The number of piperidine rings is 1. The minimum Gasteiger partial charge on any atom is -0.373 e. The summed E-state index contributed by atoms with van der Waals surface area (Å²) >= 11 is 16.7. The molecule has 2 spiro atoms. The van der Waals surface area contributed by atoms with Crippen molar-refractivity contribution in [2.24, 2.45) is 4.99 Å². The Labute approximate surface area is 175 Å². The van der Waals surface area contributed by atoms with Crippen LogP contribution in [0.25, 0.3) is 0 Å². The molecule has 3 atom stereocenters.